The number of aryl methyl sites for hydroxylation is 1. The lowest BCUT2D eigenvalue weighted by molar-refractivity contribution is 0.177. The van der Waals surface area contributed by atoms with Crippen LogP contribution < -0.4 is 5.32 Å². The summed E-state index contributed by atoms with van der Waals surface area (Å²) in [5.74, 6) is 2.57. The molecular formula is C16H29N5O. The van der Waals surface area contributed by atoms with Crippen LogP contribution in [0.1, 0.15) is 51.3 Å². The molecule has 0 radical (unpaired) electrons. The zero-order valence-corrected chi connectivity index (χ0v) is 14.2. The third kappa shape index (κ3) is 3.19. The van der Waals surface area contributed by atoms with Crippen molar-refractivity contribution in [1.29, 1.82) is 0 Å². The lowest BCUT2D eigenvalue weighted by Crippen LogP contribution is -2.41. The minimum absolute atomic E-state index is 0.325. The van der Waals surface area contributed by atoms with Gasteiger partial charge >= 0.3 is 0 Å². The van der Waals surface area contributed by atoms with Crippen molar-refractivity contribution >= 4 is 0 Å². The van der Waals surface area contributed by atoms with E-state index in [0.29, 0.717) is 30.7 Å². The summed E-state index contributed by atoms with van der Waals surface area (Å²) in [6.45, 7) is 10.7. The minimum Gasteiger partial charge on any atom is -0.377 e. The van der Waals surface area contributed by atoms with Gasteiger partial charge in [0, 0.05) is 38.8 Å². The van der Waals surface area contributed by atoms with Crippen molar-refractivity contribution in [2.45, 2.75) is 64.9 Å². The molecule has 1 N–H and O–H groups in total. The molecule has 0 saturated carbocycles. The van der Waals surface area contributed by atoms with E-state index >= 15 is 0 Å². The van der Waals surface area contributed by atoms with E-state index in [-0.39, 0.29) is 0 Å². The van der Waals surface area contributed by atoms with E-state index in [1.165, 1.54) is 6.54 Å². The van der Waals surface area contributed by atoms with Gasteiger partial charge in [0.05, 0.1) is 6.04 Å². The number of likely N-dealkylation sites (tertiary alicyclic amines) is 1. The zero-order chi connectivity index (χ0) is 15.7. The van der Waals surface area contributed by atoms with Crippen LogP contribution >= 0.6 is 0 Å². The van der Waals surface area contributed by atoms with Gasteiger partial charge in [-0.15, -0.1) is 0 Å². The SMILES string of the molecule is COCc1nc2n(n1)CCC[C@@H]2N[C@H]1CN(C(C)C)C[C@@H]1C. The van der Waals surface area contributed by atoms with Crippen molar-refractivity contribution in [1.82, 2.24) is 25.0 Å². The molecule has 0 amide bonds. The minimum atomic E-state index is 0.325. The number of ether oxygens (including phenoxy) is 1. The van der Waals surface area contributed by atoms with E-state index in [0.717, 1.165) is 37.6 Å². The second-order valence-corrected chi connectivity index (χ2v) is 7.04. The normalized spacial score (nSPS) is 29.2. The molecule has 1 aromatic heterocycles. The van der Waals surface area contributed by atoms with E-state index in [9.17, 15) is 0 Å². The summed E-state index contributed by atoms with van der Waals surface area (Å²) in [5.41, 5.74) is 0. The summed E-state index contributed by atoms with van der Waals surface area (Å²) in [4.78, 5) is 7.26. The fraction of sp³-hybridized carbons (Fsp3) is 0.875. The Bertz CT molecular complexity index is 501. The van der Waals surface area contributed by atoms with Crippen LogP contribution in [-0.2, 0) is 17.9 Å². The Morgan fingerprint density at radius 3 is 2.86 bits per heavy atom. The third-order valence-corrected chi connectivity index (χ3v) is 4.98. The van der Waals surface area contributed by atoms with Gasteiger partial charge in [-0.3, -0.25) is 4.90 Å². The molecule has 2 aliphatic heterocycles. The largest absolute Gasteiger partial charge is 0.377 e. The number of hydrogen-bond donors (Lipinski definition) is 1. The molecule has 0 spiro atoms. The van der Waals surface area contributed by atoms with E-state index in [4.69, 9.17) is 9.72 Å². The van der Waals surface area contributed by atoms with Gasteiger partial charge in [0.25, 0.3) is 0 Å². The van der Waals surface area contributed by atoms with Crippen molar-refractivity contribution in [3.8, 4) is 0 Å². The van der Waals surface area contributed by atoms with Gasteiger partial charge < -0.3 is 10.1 Å². The topological polar surface area (TPSA) is 55.2 Å². The first-order valence-electron chi connectivity index (χ1n) is 8.51. The van der Waals surface area contributed by atoms with Crippen LogP contribution in [0.4, 0.5) is 0 Å². The Labute approximate surface area is 133 Å². The molecular weight excluding hydrogens is 278 g/mol. The van der Waals surface area contributed by atoms with Gasteiger partial charge in [-0.1, -0.05) is 6.92 Å². The highest BCUT2D eigenvalue weighted by Gasteiger charge is 2.34. The van der Waals surface area contributed by atoms with E-state index in [1.807, 2.05) is 0 Å². The molecule has 3 heterocycles. The summed E-state index contributed by atoms with van der Waals surface area (Å²) in [6.07, 6.45) is 2.31. The molecule has 3 rings (SSSR count). The lowest BCUT2D eigenvalue weighted by Gasteiger charge is -2.28. The van der Waals surface area contributed by atoms with Crippen LogP contribution in [0, 0.1) is 5.92 Å². The molecule has 0 unspecified atom stereocenters. The molecule has 6 nitrogen and oxygen atoms in total. The first-order chi connectivity index (χ1) is 10.6. The number of fused-ring (bicyclic) bond motifs is 1. The highest BCUT2D eigenvalue weighted by molar-refractivity contribution is 5.04. The van der Waals surface area contributed by atoms with E-state index in [1.54, 1.807) is 7.11 Å². The summed E-state index contributed by atoms with van der Waals surface area (Å²) >= 11 is 0. The molecule has 6 heteroatoms. The van der Waals surface area contributed by atoms with Crippen molar-refractivity contribution < 1.29 is 4.74 Å². The molecule has 1 saturated heterocycles. The summed E-state index contributed by atoms with van der Waals surface area (Å²) < 4.78 is 7.23. The van der Waals surface area contributed by atoms with Gasteiger partial charge in [0.1, 0.15) is 12.4 Å². The van der Waals surface area contributed by atoms with Crippen molar-refractivity contribution in [3.63, 3.8) is 0 Å². The van der Waals surface area contributed by atoms with E-state index < -0.39 is 0 Å². The predicted molar refractivity (Wildman–Crippen MR) is 85.5 cm³/mol. The van der Waals surface area contributed by atoms with Gasteiger partial charge in [-0.2, -0.15) is 5.10 Å². The Balaban J connectivity index is 1.69. The smallest absolute Gasteiger partial charge is 0.176 e. The Morgan fingerprint density at radius 2 is 2.18 bits per heavy atom. The van der Waals surface area contributed by atoms with Crippen LogP contribution in [0.3, 0.4) is 0 Å². The fourth-order valence-electron chi connectivity index (χ4n) is 3.65. The molecule has 1 fully saturated rings. The summed E-state index contributed by atoms with van der Waals surface area (Å²) in [7, 11) is 1.69. The van der Waals surface area contributed by atoms with Crippen molar-refractivity contribution in [3.05, 3.63) is 11.6 Å². The second-order valence-electron chi connectivity index (χ2n) is 7.04. The molecule has 0 aromatic carbocycles. The van der Waals surface area contributed by atoms with Gasteiger partial charge in [0.2, 0.25) is 0 Å². The average Bonchev–Trinajstić information content (AvgIpc) is 3.04. The first-order valence-corrected chi connectivity index (χ1v) is 8.51. The van der Waals surface area contributed by atoms with Gasteiger partial charge in [-0.25, -0.2) is 9.67 Å². The van der Waals surface area contributed by atoms with Gasteiger partial charge in [-0.05, 0) is 32.6 Å². The Morgan fingerprint density at radius 1 is 1.36 bits per heavy atom. The maximum Gasteiger partial charge on any atom is 0.176 e. The monoisotopic (exact) mass is 307 g/mol. The molecule has 22 heavy (non-hydrogen) atoms. The van der Waals surface area contributed by atoms with Crippen LogP contribution in [0.15, 0.2) is 0 Å². The maximum atomic E-state index is 5.17. The number of aromatic nitrogens is 3. The Hall–Kier alpha value is -0.980. The van der Waals surface area contributed by atoms with Crippen LogP contribution in [-0.4, -0.2) is 51.9 Å². The van der Waals surface area contributed by atoms with Crippen LogP contribution in [0.25, 0.3) is 0 Å². The highest BCUT2D eigenvalue weighted by atomic mass is 16.5. The van der Waals surface area contributed by atoms with Crippen molar-refractivity contribution in [2.75, 3.05) is 20.2 Å². The van der Waals surface area contributed by atoms with Crippen LogP contribution in [0.5, 0.6) is 0 Å². The highest BCUT2D eigenvalue weighted by Crippen LogP contribution is 2.27. The lowest BCUT2D eigenvalue weighted by atomic mass is 10.0. The third-order valence-electron chi connectivity index (χ3n) is 4.98. The zero-order valence-electron chi connectivity index (χ0n) is 14.2. The molecule has 0 bridgehead atoms. The second kappa shape index (κ2) is 6.64. The maximum absolute atomic E-state index is 5.17. The van der Waals surface area contributed by atoms with Crippen molar-refractivity contribution in [2.24, 2.45) is 5.92 Å². The number of hydrogen-bond acceptors (Lipinski definition) is 5. The quantitative estimate of drug-likeness (QED) is 0.895. The number of nitrogens with one attached hydrogen (secondary N) is 1. The number of nitrogens with zero attached hydrogens (tertiary/aromatic N) is 4. The van der Waals surface area contributed by atoms with Gasteiger partial charge in [0.15, 0.2) is 5.82 Å². The average molecular weight is 307 g/mol. The summed E-state index contributed by atoms with van der Waals surface area (Å²) in [5, 5.41) is 8.42. The number of methoxy groups -OCH3 is 1. The Kier molecular flexibility index (Phi) is 4.80. The summed E-state index contributed by atoms with van der Waals surface area (Å²) in [6, 6.07) is 1.49. The molecule has 0 aliphatic carbocycles. The van der Waals surface area contributed by atoms with E-state index in [2.05, 4.69) is 40.8 Å². The molecule has 2 aliphatic rings. The molecule has 124 valence electrons. The first kappa shape index (κ1) is 15.9. The van der Waals surface area contributed by atoms with Crippen LogP contribution in [0.2, 0.25) is 0 Å². The number of rotatable bonds is 5. The predicted octanol–water partition coefficient (Wildman–Crippen LogP) is 1.58. The standard InChI is InChI=1S/C16H29N5O/c1-11(2)20-8-12(3)14(9-20)17-13-6-5-7-21-16(13)18-15(19-21)10-22-4/h11-14,17H,5-10H2,1-4H3/t12-,13-,14-/m0/s1. The fourth-order valence-corrected chi connectivity index (χ4v) is 3.65. The molecule has 3 atom stereocenters. The molecule has 1 aromatic rings.